The lowest BCUT2D eigenvalue weighted by Crippen LogP contribution is -2.49. The second kappa shape index (κ2) is 7.12. The van der Waals surface area contributed by atoms with E-state index in [0.717, 1.165) is 0 Å². The number of ether oxygens (including phenoxy) is 1. The molecule has 0 aromatic heterocycles. The average Bonchev–Trinajstić information content (AvgIpc) is 3.14. The monoisotopic (exact) mass is 351 g/mol. The summed E-state index contributed by atoms with van der Waals surface area (Å²) in [5.41, 5.74) is 0.0259. The van der Waals surface area contributed by atoms with Crippen molar-refractivity contribution in [1.82, 2.24) is 5.32 Å². The molecule has 3 unspecified atom stereocenters. The Hall–Kier alpha value is -1.95. The number of alkyl carbamates (subject to hydrolysis) is 1. The zero-order valence-electron chi connectivity index (χ0n) is 15.2. The van der Waals surface area contributed by atoms with Crippen LogP contribution in [0.15, 0.2) is 24.3 Å². The van der Waals surface area contributed by atoms with E-state index in [4.69, 9.17) is 4.74 Å². The fraction of sp³-hybridized carbons (Fsp3) is 0.579. The van der Waals surface area contributed by atoms with Crippen LogP contribution < -0.4 is 5.32 Å². The van der Waals surface area contributed by atoms with Crippen LogP contribution in [0.5, 0.6) is 0 Å². The average molecular weight is 351 g/mol. The molecule has 0 radical (unpaired) electrons. The van der Waals surface area contributed by atoms with Crippen LogP contribution in [0.4, 0.5) is 9.18 Å². The SMILES string of the molecule is CC(C)[C@H](NC(=O)OC(C)(C)C)C(O)C1C(=O)C1c1ccc(F)cc1. The highest BCUT2D eigenvalue weighted by Gasteiger charge is 2.56. The molecule has 4 atom stereocenters. The summed E-state index contributed by atoms with van der Waals surface area (Å²) < 4.78 is 18.3. The Morgan fingerprint density at radius 3 is 2.28 bits per heavy atom. The van der Waals surface area contributed by atoms with Gasteiger partial charge >= 0.3 is 6.09 Å². The maximum absolute atomic E-state index is 13.0. The molecular weight excluding hydrogens is 325 g/mol. The normalized spacial score (nSPS) is 22.5. The Morgan fingerprint density at radius 1 is 1.24 bits per heavy atom. The summed E-state index contributed by atoms with van der Waals surface area (Å²) in [7, 11) is 0. The Labute approximate surface area is 147 Å². The Morgan fingerprint density at radius 2 is 1.80 bits per heavy atom. The molecule has 1 fully saturated rings. The maximum atomic E-state index is 13.0. The summed E-state index contributed by atoms with van der Waals surface area (Å²) in [6.07, 6.45) is -1.66. The van der Waals surface area contributed by atoms with Gasteiger partial charge in [0.25, 0.3) is 0 Å². The van der Waals surface area contributed by atoms with Gasteiger partial charge in [0.2, 0.25) is 0 Å². The number of carbonyl (C=O) groups excluding carboxylic acids is 2. The molecule has 1 aliphatic carbocycles. The van der Waals surface area contributed by atoms with Gasteiger partial charge in [0.15, 0.2) is 0 Å². The third-order valence-electron chi connectivity index (χ3n) is 4.25. The largest absolute Gasteiger partial charge is 0.444 e. The molecule has 0 aliphatic heterocycles. The molecule has 1 aliphatic rings. The van der Waals surface area contributed by atoms with Crippen LogP contribution in [0.2, 0.25) is 0 Å². The molecule has 1 amide bonds. The Bertz CT molecular complexity index is 636. The van der Waals surface area contributed by atoms with E-state index in [9.17, 15) is 19.1 Å². The number of hydrogen-bond donors (Lipinski definition) is 2. The predicted molar refractivity (Wildman–Crippen MR) is 91.6 cm³/mol. The van der Waals surface area contributed by atoms with Crippen molar-refractivity contribution in [3.8, 4) is 0 Å². The molecule has 1 aromatic carbocycles. The highest BCUT2D eigenvalue weighted by atomic mass is 19.1. The molecule has 0 saturated heterocycles. The van der Waals surface area contributed by atoms with Crippen molar-refractivity contribution in [3.63, 3.8) is 0 Å². The van der Waals surface area contributed by atoms with Gasteiger partial charge in [-0.25, -0.2) is 9.18 Å². The van der Waals surface area contributed by atoms with Gasteiger partial charge in [0.1, 0.15) is 17.2 Å². The fourth-order valence-electron chi connectivity index (χ4n) is 2.98. The molecule has 5 nitrogen and oxygen atoms in total. The number of carbonyl (C=O) groups is 2. The first-order valence-electron chi connectivity index (χ1n) is 8.48. The van der Waals surface area contributed by atoms with E-state index < -0.39 is 35.7 Å². The van der Waals surface area contributed by atoms with E-state index in [1.54, 1.807) is 32.9 Å². The lowest BCUT2D eigenvalue weighted by Gasteiger charge is -2.29. The summed E-state index contributed by atoms with van der Waals surface area (Å²) in [5, 5.41) is 13.3. The van der Waals surface area contributed by atoms with Crippen LogP contribution in [0.3, 0.4) is 0 Å². The van der Waals surface area contributed by atoms with Crippen molar-refractivity contribution >= 4 is 11.9 Å². The molecule has 1 saturated carbocycles. The van der Waals surface area contributed by atoms with Crippen molar-refractivity contribution in [2.45, 2.75) is 58.3 Å². The molecular formula is C19H26FNO4. The van der Waals surface area contributed by atoms with Crippen LogP contribution in [-0.2, 0) is 9.53 Å². The van der Waals surface area contributed by atoms with Gasteiger partial charge in [0, 0.05) is 0 Å². The minimum atomic E-state index is -1.03. The van der Waals surface area contributed by atoms with E-state index in [-0.39, 0.29) is 17.5 Å². The molecule has 25 heavy (non-hydrogen) atoms. The van der Waals surface area contributed by atoms with E-state index in [1.165, 1.54) is 12.1 Å². The summed E-state index contributed by atoms with van der Waals surface area (Å²) >= 11 is 0. The van der Waals surface area contributed by atoms with Crippen LogP contribution in [0.1, 0.15) is 46.1 Å². The number of hydrogen-bond acceptors (Lipinski definition) is 4. The van der Waals surface area contributed by atoms with Crippen molar-refractivity contribution < 1.29 is 23.8 Å². The molecule has 2 rings (SSSR count). The van der Waals surface area contributed by atoms with E-state index in [0.29, 0.717) is 5.56 Å². The lowest BCUT2D eigenvalue weighted by molar-refractivity contribution is -0.112. The van der Waals surface area contributed by atoms with Crippen LogP contribution in [0, 0.1) is 17.7 Å². The smallest absolute Gasteiger partial charge is 0.407 e. The van der Waals surface area contributed by atoms with Gasteiger partial charge in [-0.1, -0.05) is 26.0 Å². The first-order valence-corrected chi connectivity index (χ1v) is 8.48. The zero-order valence-corrected chi connectivity index (χ0v) is 15.2. The first-order chi connectivity index (χ1) is 11.5. The van der Waals surface area contributed by atoms with E-state index in [2.05, 4.69) is 5.32 Å². The van der Waals surface area contributed by atoms with Gasteiger partial charge in [-0.15, -0.1) is 0 Å². The molecule has 138 valence electrons. The van der Waals surface area contributed by atoms with E-state index >= 15 is 0 Å². The van der Waals surface area contributed by atoms with Crippen molar-refractivity contribution in [1.29, 1.82) is 0 Å². The molecule has 1 aromatic rings. The Kier molecular flexibility index (Phi) is 5.52. The summed E-state index contributed by atoms with van der Waals surface area (Å²) in [6, 6.07) is 5.08. The number of nitrogens with one attached hydrogen (secondary N) is 1. The van der Waals surface area contributed by atoms with Crippen LogP contribution in [-0.4, -0.2) is 34.7 Å². The number of aliphatic hydroxyl groups is 1. The lowest BCUT2D eigenvalue weighted by atomic mass is 9.93. The fourth-order valence-corrected chi connectivity index (χ4v) is 2.98. The second-order valence-electron chi connectivity index (χ2n) is 7.86. The quantitative estimate of drug-likeness (QED) is 0.855. The van der Waals surface area contributed by atoms with Crippen molar-refractivity contribution in [2.24, 2.45) is 11.8 Å². The maximum Gasteiger partial charge on any atom is 0.407 e. The van der Waals surface area contributed by atoms with Gasteiger partial charge in [-0.2, -0.15) is 0 Å². The number of benzene rings is 1. The van der Waals surface area contributed by atoms with Crippen LogP contribution >= 0.6 is 0 Å². The highest BCUT2D eigenvalue weighted by molar-refractivity contribution is 6.05. The summed E-state index contributed by atoms with van der Waals surface area (Å²) in [5.74, 6) is -1.63. The number of halogens is 1. The highest BCUT2D eigenvalue weighted by Crippen LogP contribution is 2.46. The number of Topliss-reactive ketones (excluding diaryl/α,β-unsaturated/α-hetero) is 1. The third kappa shape index (κ3) is 4.78. The topological polar surface area (TPSA) is 75.6 Å². The number of ketones is 1. The molecule has 0 bridgehead atoms. The first kappa shape index (κ1) is 19.4. The molecule has 2 N–H and O–H groups in total. The minimum absolute atomic E-state index is 0.0928. The number of aliphatic hydroxyl groups excluding tert-OH is 1. The Balaban J connectivity index is 2.08. The standard InChI is InChI=1S/C19H26FNO4/c1-10(2)15(21-18(24)25-19(3,4)5)17(23)14-13(16(14)22)11-6-8-12(20)9-7-11/h6-10,13-15,17,23H,1-5H3,(H,21,24)/t13?,14?,15-,17?/m0/s1. The molecule has 0 heterocycles. The molecule has 6 heteroatoms. The second-order valence-corrected chi connectivity index (χ2v) is 7.86. The molecule has 0 spiro atoms. The van der Waals surface area contributed by atoms with Crippen molar-refractivity contribution in [2.75, 3.05) is 0 Å². The van der Waals surface area contributed by atoms with Gasteiger partial charge in [-0.3, -0.25) is 4.79 Å². The van der Waals surface area contributed by atoms with E-state index in [1.807, 2.05) is 13.8 Å². The zero-order chi connectivity index (χ0) is 18.9. The van der Waals surface area contributed by atoms with Gasteiger partial charge in [-0.05, 0) is 44.4 Å². The van der Waals surface area contributed by atoms with Gasteiger partial charge < -0.3 is 15.2 Å². The third-order valence-corrected chi connectivity index (χ3v) is 4.25. The summed E-state index contributed by atoms with van der Waals surface area (Å²) in [4.78, 5) is 24.2. The number of rotatable bonds is 5. The predicted octanol–water partition coefficient (Wildman–Crippen LogP) is 3.02. The number of amides is 1. The van der Waals surface area contributed by atoms with Gasteiger partial charge in [0.05, 0.1) is 24.0 Å². The van der Waals surface area contributed by atoms with Crippen LogP contribution in [0.25, 0.3) is 0 Å². The summed E-state index contributed by atoms with van der Waals surface area (Å²) in [6.45, 7) is 8.96. The minimum Gasteiger partial charge on any atom is -0.444 e. The van der Waals surface area contributed by atoms with Crippen molar-refractivity contribution in [3.05, 3.63) is 35.6 Å².